The van der Waals surface area contributed by atoms with Crippen LogP contribution in [0.1, 0.15) is 25.3 Å². The largest absolute Gasteiger partial charge is 0.496 e. The van der Waals surface area contributed by atoms with Crippen LogP contribution in [-0.4, -0.2) is 33.4 Å². The number of aryl methyl sites for hydroxylation is 1. The van der Waals surface area contributed by atoms with E-state index in [0.717, 1.165) is 48.7 Å². The van der Waals surface area contributed by atoms with Crippen LogP contribution in [-0.2, 0) is 11.2 Å². The third-order valence-electron chi connectivity index (χ3n) is 3.06. The fourth-order valence-electron chi connectivity index (χ4n) is 2.07. The highest BCUT2D eigenvalue weighted by Gasteiger charge is 2.10. The minimum absolute atomic E-state index is 0.369. The molecule has 108 valence electrons. The van der Waals surface area contributed by atoms with Crippen molar-refractivity contribution in [1.82, 2.24) is 5.32 Å². The predicted octanol–water partition coefficient (Wildman–Crippen LogP) is 3.30. The Bertz CT molecular complexity index is 371. The van der Waals surface area contributed by atoms with Crippen LogP contribution in [0.25, 0.3) is 0 Å². The number of ether oxygens (including phenoxy) is 2. The van der Waals surface area contributed by atoms with E-state index in [1.54, 1.807) is 14.2 Å². The summed E-state index contributed by atoms with van der Waals surface area (Å²) in [5, 5.41) is 4.24. The molecule has 1 aromatic carbocycles. The molecular formula is C15H24ClNO2. The van der Waals surface area contributed by atoms with Gasteiger partial charge in [-0.1, -0.05) is 18.5 Å². The molecule has 0 heterocycles. The Morgan fingerprint density at radius 1 is 1.32 bits per heavy atom. The molecule has 0 saturated heterocycles. The highest BCUT2D eigenvalue weighted by molar-refractivity contribution is 6.30. The molecule has 0 spiro atoms. The Kier molecular flexibility index (Phi) is 7.87. The number of benzene rings is 1. The van der Waals surface area contributed by atoms with E-state index in [1.807, 2.05) is 18.2 Å². The molecule has 0 aliphatic heterocycles. The van der Waals surface area contributed by atoms with Gasteiger partial charge >= 0.3 is 0 Å². The van der Waals surface area contributed by atoms with Gasteiger partial charge in [0.05, 0.1) is 13.7 Å². The minimum Gasteiger partial charge on any atom is -0.496 e. The predicted molar refractivity (Wildman–Crippen MR) is 80.3 cm³/mol. The summed E-state index contributed by atoms with van der Waals surface area (Å²) >= 11 is 6.04. The summed E-state index contributed by atoms with van der Waals surface area (Å²) in [5.74, 6) is 0.899. The lowest BCUT2D eigenvalue weighted by Crippen LogP contribution is -2.34. The van der Waals surface area contributed by atoms with Crippen molar-refractivity contribution in [2.75, 3.05) is 27.4 Å². The van der Waals surface area contributed by atoms with E-state index in [2.05, 4.69) is 12.2 Å². The van der Waals surface area contributed by atoms with E-state index in [0.29, 0.717) is 6.04 Å². The van der Waals surface area contributed by atoms with Crippen molar-refractivity contribution in [3.63, 3.8) is 0 Å². The van der Waals surface area contributed by atoms with Gasteiger partial charge in [-0.25, -0.2) is 0 Å². The summed E-state index contributed by atoms with van der Waals surface area (Å²) in [6.07, 6.45) is 3.06. The summed E-state index contributed by atoms with van der Waals surface area (Å²) in [7, 11) is 3.43. The van der Waals surface area contributed by atoms with Crippen molar-refractivity contribution in [2.24, 2.45) is 0 Å². The molecule has 0 aromatic heterocycles. The van der Waals surface area contributed by atoms with Gasteiger partial charge in [0, 0.05) is 18.2 Å². The van der Waals surface area contributed by atoms with Gasteiger partial charge in [0.15, 0.2) is 0 Å². The normalized spacial score (nSPS) is 12.4. The smallest absolute Gasteiger partial charge is 0.122 e. The summed E-state index contributed by atoms with van der Waals surface area (Å²) in [6, 6.07) is 6.12. The van der Waals surface area contributed by atoms with Crippen LogP contribution < -0.4 is 10.1 Å². The quantitative estimate of drug-likeness (QED) is 0.755. The Balaban J connectivity index is 2.59. The summed E-state index contributed by atoms with van der Waals surface area (Å²) in [5.41, 5.74) is 1.15. The molecule has 1 atom stereocenters. The zero-order valence-electron chi connectivity index (χ0n) is 12.0. The zero-order chi connectivity index (χ0) is 14.1. The van der Waals surface area contributed by atoms with Gasteiger partial charge in [0.2, 0.25) is 0 Å². The lowest BCUT2D eigenvalue weighted by molar-refractivity contribution is 0.162. The Morgan fingerprint density at radius 2 is 2.11 bits per heavy atom. The van der Waals surface area contributed by atoms with Crippen molar-refractivity contribution in [3.05, 3.63) is 28.8 Å². The maximum atomic E-state index is 6.04. The van der Waals surface area contributed by atoms with E-state index in [9.17, 15) is 0 Å². The Hall–Kier alpha value is -0.770. The maximum absolute atomic E-state index is 6.04. The van der Waals surface area contributed by atoms with Gasteiger partial charge in [-0.2, -0.15) is 0 Å². The topological polar surface area (TPSA) is 30.5 Å². The number of halogens is 1. The van der Waals surface area contributed by atoms with Crippen molar-refractivity contribution in [1.29, 1.82) is 0 Å². The second kappa shape index (κ2) is 9.18. The summed E-state index contributed by atoms with van der Waals surface area (Å²) < 4.78 is 10.6. The third-order valence-corrected chi connectivity index (χ3v) is 3.29. The van der Waals surface area contributed by atoms with Gasteiger partial charge in [-0.3, -0.25) is 0 Å². The Labute approximate surface area is 121 Å². The lowest BCUT2D eigenvalue weighted by atomic mass is 10.0. The second-order valence-corrected chi connectivity index (χ2v) is 5.04. The van der Waals surface area contributed by atoms with E-state index in [-0.39, 0.29) is 0 Å². The minimum atomic E-state index is 0.369. The number of hydrogen-bond donors (Lipinski definition) is 1. The summed E-state index contributed by atoms with van der Waals surface area (Å²) in [6.45, 7) is 3.90. The third kappa shape index (κ3) is 5.81. The molecule has 0 radical (unpaired) electrons. The molecule has 0 aliphatic carbocycles. The molecule has 0 fully saturated rings. The second-order valence-electron chi connectivity index (χ2n) is 4.60. The monoisotopic (exact) mass is 285 g/mol. The highest BCUT2D eigenvalue weighted by atomic mass is 35.5. The van der Waals surface area contributed by atoms with Crippen molar-refractivity contribution in [2.45, 2.75) is 32.2 Å². The molecule has 1 N–H and O–H groups in total. The molecule has 1 unspecified atom stereocenters. The molecule has 0 amide bonds. The molecule has 1 aromatic rings. The first-order chi connectivity index (χ1) is 9.21. The van der Waals surface area contributed by atoms with Crippen molar-refractivity contribution >= 4 is 11.6 Å². The van der Waals surface area contributed by atoms with Gasteiger partial charge in [-0.15, -0.1) is 0 Å². The fraction of sp³-hybridized carbons (Fsp3) is 0.600. The first-order valence-corrected chi connectivity index (χ1v) is 7.13. The standard InChI is InChI=1S/C15H24ClNO2/c1-4-9-17-14(11-18-2)7-5-12-10-13(16)6-8-15(12)19-3/h6,8,10,14,17H,4-5,7,9,11H2,1-3H3. The highest BCUT2D eigenvalue weighted by Crippen LogP contribution is 2.24. The van der Waals surface area contributed by atoms with Gasteiger partial charge in [-0.05, 0) is 49.6 Å². The van der Waals surface area contributed by atoms with E-state index in [1.165, 1.54) is 0 Å². The number of rotatable bonds is 9. The van der Waals surface area contributed by atoms with Crippen LogP contribution in [0.4, 0.5) is 0 Å². The molecule has 0 aliphatic rings. The zero-order valence-corrected chi connectivity index (χ0v) is 12.8. The first kappa shape index (κ1) is 16.3. The fourth-order valence-corrected chi connectivity index (χ4v) is 2.26. The van der Waals surface area contributed by atoms with Crippen LogP contribution in [0.2, 0.25) is 5.02 Å². The molecule has 3 nitrogen and oxygen atoms in total. The van der Waals surface area contributed by atoms with E-state index >= 15 is 0 Å². The van der Waals surface area contributed by atoms with E-state index in [4.69, 9.17) is 21.1 Å². The molecule has 19 heavy (non-hydrogen) atoms. The van der Waals surface area contributed by atoms with Crippen molar-refractivity contribution in [3.8, 4) is 5.75 Å². The van der Waals surface area contributed by atoms with E-state index < -0.39 is 0 Å². The lowest BCUT2D eigenvalue weighted by Gasteiger charge is -2.18. The average Bonchev–Trinajstić information content (AvgIpc) is 2.42. The first-order valence-electron chi connectivity index (χ1n) is 6.76. The van der Waals surface area contributed by atoms with Crippen molar-refractivity contribution < 1.29 is 9.47 Å². The summed E-state index contributed by atoms with van der Waals surface area (Å²) in [4.78, 5) is 0. The van der Waals surface area contributed by atoms with Crippen LogP contribution in [0.5, 0.6) is 5.75 Å². The molecular weight excluding hydrogens is 262 g/mol. The average molecular weight is 286 g/mol. The molecule has 4 heteroatoms. The maximum Gasteiger partial charge on any atom is 0.122 e. The SMILES string of the molecule is CCCNC(CCc1cc(Cl)ccc1OC)COC. The molecule has 0 bridgehead atoms. The van der Waals surface area contributed by atoms with Crippen LogP contribution >= 0.6 is 11.6 Å². The van der Waals surface area contributed by atoms with Crippen LogP contribution in [0.15, 0.2) is 18.2 Å². The number of nitrogens with one attached hydrogen (secondary N) is 1. The van der Waals surface area contributed by atoms with Crippen LogP contribution in [0.3, 0.4) is 0 Å². The molecule has 0 saturated carbocycles. The van der Waals surface area contributed by atoms with Gasteiger partial charge < -0.3 is 14.8 Å². The Morgan fingerprint density at radius 3 is 2.74 bits per heavy atom. The number of methoxy groups -OCH3 is 2. The van der Waals surface area contributed by atoms with Crippen LogP contribution in [0, 0.1) is 0 Å². The molecule has 1 rings (SSSR count). The van der Waals surface area contributed by atoms with Gasteiger partial charge in [0.25, 0.3) is 0 Å². The van der Waals surface area contributed by atoms with Gasteiger partial charge in [0.1, 0.15) is 5.75 Å². The number of hydrogen-bond acceptors (Lipinski definition) is 3.